The third kappa shape index (κ3) is 4.37. The lowest BCUT2D eigenvalue weighted by Gasteiger charge is -2.30. The van der Waals surface area contributed by atoms with E-state index in [9.17, 15) is 0 Å². The van der Waals surface area contributed by atoms with Crippen LogP contribution in [-0.2, 0) is 4.74 Å². The van der Waals surface area contributed by atoms with Gasteiger partial charge in [0.1, 0.15) is 0 Å². The van der Waals surface area contributed by atoms with Crippen LogP contribution in [0.4, 0.5) is 5.69 Å². The summed E-state index contributed by atoms with van der Waals surface area (Å²) in [5, 5.41) is 4.02. The van der Waals surface area contributed by atoms with Crippen molar-refractivity contribution < 1.29 is 4.74 Å². The topological polar surface area (TPSA) is 24.5 Å². The molecule has 0 aliphatic carbocycles. The first-order valence-electron chi connectivity index (χ1n) is 6.73. The van der Waals surface area contributed by atoms with Crippen molar-refractivity contribution in [1.29, 1.82) is 0 Å². The zero-order chi connectivity index (χ0) is 14.4. The number of halogens is 1. The van der Waals surface area contributed by atoms with Gasteiger partial charge in [-0.05, 0) is 45.5 Å². The van der Waals surface area contributed by atoms with E-state index in [0.717, 1.165) is 17.3 Å². The van der Waals surface area contributed by atoms with Crippen molar-refractivity contribution in [3.8, 4) is 0 Å². The van der Waals surface area contributed by atoms with E-state index in [1.165, 1.54) is 5.56 Å². The molecule has 0 aromatic heterocycles. The first-order chi connectivity index (χ1) is 9.01. The summed E-state index contributed by atoms with van der Waals surface area (Å²) < 4.78 is 5.17. The number of methoxy groups -OCH3 is 1. The number of anilines is 1. The largest absolute Gasteiger partial charge is 0.383 e. The molecule has 1 aromatic carbocycles. The van der Waals surface area contributed by atoms with Gasteiger partial charge in [-0.15, -0.1) is 0 Å². The van der Waals surface area contributed by atoms with Crippen LogP contribution in [0.3, 0.4) is 0 Å². The van der Waals surface area contributed by atoms with E-state index < -0.39 is 0 Å². The van der Waals surface area contributed by atoms with E-state index in [-0.39, 0.29) is 0 Å². The predicted molar refractivity (Wildman–Crippen MR) is 83.3 cm³/mol. The Balaban J connectivity index is 2.98. The van der Waals surface area contributed by atoms with Crippen molar-refractivity contribution in [2.24, 2.45) is 0 Å². The lowest BCUT2D eigenvalue weighted by molar-refractivity contribution is 0.204. The summed E-state index contributed by atoms with van der Waals surface area (Å²) in [6, 6.07) is 6.96. The van der Waals surface area contributed by atoms with Crippen LogP contribution in [0.5, 0.6) is 0 Å². The number of hydrogen-bond donors (Lipinski definition) is 1. The molecule has 0 spiro atoms. The highest BCUT2D eigenvalue weighted by molar-refractivity contribution is 6.33. The van der Waals surface area contributed by atoms with Crippen molar-refractivity contribution in [2.75, 3.05) is 32.2 Å². The summed E-state index contributed by atoms with van der Waals surface area (Å²) in [4.78, 5) is 2.26. The Hall–Kier alpha value is -0.770. The maximum absolute atomic E-state index is 6.44. The minimum Gasteiger partial charge on any atom is -0.383 e. The summed E-state index contributed by atoms with van der Waals surface area (Å²) in [6.07, 6.45) is 0. The van der Waals surface area contributed by atoms with Gasteiger partial charge >= 0.3 is 0 Å². The normalized spacial score (nSPS) is 12.8. The van der Waals surface area contributed by atoms with E-state index in [1.807, 2.05) is 13.1 Å². The second-order valence-corrected chi connectivity index (χ2v) is 5.41. The molecule has 0 aliphatic rings. The molecular weight excluding hydrogens is 260 g/mol. The van der Waals surface area contributed by atoms with Gasteiger partial charge in [-0.1, -0.05) is 17.7 Å². The van der Waals surface area contributed by atoms with E-state index in [2.05, 4.69) is 43.1 Å². The number of rotatable bonds is 7. The van der Waals surface area contributed by atoms with Crippen molar-refractivity contribution in [1.82, 2.24) is 5.32 Å². The van der Waals surface area contributed by atoms with Crippen LogP contribution in [-0.4, -0.2) is 33.4 Å². The van der Waals surface area contributed by atoms with Crippen molar-refractivity contribution in [2.45, 2.75) is 32.9 Å². The maximum atomic E-state index is 6.44. The maximum Gasteiger partial charge on any atom is 0.0643 e. The molecule has 108 valence electrons. The number of nitrogens with one attached hydrogen (secondary N) is 1. The molecule has 0 fully saturated rings. The molecular formula is C15H25ClN2O. The van der Waals surface area contributed by atoms with Gasteiger partial charge in [0.15, 0.2) is 0 Å². The second kappa shape index (κ2) is 7.73. The SMILES string of the molecule is CNC(C)c1ccc(N(CCOC)C(C)C)c(Cl)c1. The fourth-order valence-corrected chi connectivity index (χ4v) is 2.34. The molecule has 0 radical (unpaired) electrons. The van der Waals surface area contributed by atoms with Gasteiger partial charge in [0.2, 0.25) is 0 Å². The van der Waals surface area contributed by atoms with Crippen LogP contribution in [0.1, 0.15) is 32.4 Å². The molecule has 19 heavy (non-hydrogen) atoms. The summed E-state index contributed by atoms with van der Waals surface area (Å²) in [7, 11) is 3.67. The summed E-state index contributed by atoms with van der Waals surface area (Å²) in [5.74, 6) is 0. The number of benzene rings is 1. The monoisotopic (exact) mass is 284 g/mol. The second-order valence-electron chi connectivity index (χ2n) is 5.00. The zero-order valence-corrected chi connectivity index (χ0v) is 13.3. The van der Waals surface area contributed by atoms with Gasteiger partial charge < -0.3 is 15.0 Å². The van der Waals surface area contributed by atoms with Crippen molar-refractivity contribution in [3.05, 3.63) is 28.8 Å². The van der Waals surface area contributed by atoms with E-state index in [4.69, 9.17) is 16.3 Å². The minimum atomic E-state index is 0.304. The van der Waals surface area contributed by atoms with Crippen LogP contribution in [0.2, 0.25) is 5.02 Å². The predicted octanol–water partition coefficient (Wildman–Crippen LogP) is 3.48. The quantitative estimate of drug-likeness (QED) is 0.830. The molecule has 0 amide bonds. The molecule has 0 aliphatic heterocycles. The van der Waals surface area contributed by atoms with Crippen molar-refractivity contribution >= 4 is 17.3 Å². The first kappa shape index (κ1) is 16.3. The van der Waals surface area contributed by atoms with Crippen LogP contribution in [0.25, 0.3) is 0 Å². The Labute approximate surface area is 121 Å². The van der Waals surface area contributed by atoms with Gasteiger partial charge in [0.05, 0.1) is 17.3 Å². The number of ether oxygens (including phenoxy) is 1. The Kier molecular flexibility index (Phi) is 6.63. The summed E-state index contributed by atoms with van der Waals surface area (Å²) >= 11 is 6.44. The smallest absolute Gasteiger partial charge is 0.0643 e. The molecule has 1 atom stereocenters. The molecule has 4 heteroatoms. The van der Waals surface area contributed by atoms with E-state index >= 15 is 0 Å². The Bertz CT molecular complexity index is 396. The lowest BCUT2D eigenvalue weighted by atomic mass is 10.1. The molecule has 3 nitrogen and oxygen atoms in total. The van der Waals surface area contributed by atoms with Crippen LogP contribution in [0.15, 0.2) is 18.2 Å². The molecule has 0 heterocycles. The molecule has 1 rings (SSSR count). The van der Waals surface area contributed by atoms with Crippen molar-refractivity contribution in [3.63, 3.8) is 0 Å². The third-order valence-corrected chi connectivity index (χ3v) is 3.68. The highest BCUT2D eigenvalue weighted by Crippen LogP contribution is 2.30. The zero-order valence-electron chi connectivity index (χ0n) is 12.5. The van der Waals surface area contributed by atoms with Crippen LogP contribution >= 0.6 is 11.6 Å². The van der Waals surface area contributed by atoms with Gasteiger partial charge in [0.25, 0.3) is 0 Å². The average Bonchev–Trinajstić information content (AvgIpc) is 2.39. The minimum absolute atomic E-state index is 0.304. The molecule has 1 unspecified atom stereocenters. The first-order valence-corrected chi connectivity index (χ1v) is 7.11. The van der Waals surface area contributed by atoms with Gasteiger partial charge in [-0.25, -0.2) is 0 Å². The van der Waals surface area contributed by atoms with E-state index in [1.54, 1.807) is 7.11 Å². The standard InChI is InChI=1S/C15H25ClN2O/c1-11(2)18(8-9-19-5)15-7-6-13(10-14(15)16)12(3)17-4/h6-7,10-12,17H,8-9H2,1-5H3. The Morgan fingerprint density at radius 1 is 1.32 bits per heavy atom. The fourth-order valence-electron chi connectivity index (χ4n) is 2.04. The average molecular weight is 285 g/mol. The van der Waals surface area contributed by atoms with Gasteiger partial charge in [0, 0.05) is 25.7 Å². The van der Waals surface area contributed by atoms with Gasteiger partial charge in [-0.2, -0.15) is 0 Å². The molecule has 0 saturated heterocycles. The molecule has 1 N–H and O–H groups in total. The van der Waals surface area contributed by atoms with Gasteiger partial charge in [-0.3, -0.25) is 0 Å². The Morgan fingerprint density at radius 2 is 2.00 bits per heavy atom. The van der Waals surface area contributed by atoms with E-state index in [0.29, 0.717) is 18.7 Å². The Morgan fingerprint density at radius 3 is 2.47 bits per heavy atom. The molecule has 1 aromatic rings. The molecule has 0 saturated carbocycles. The number of hydrogen-bond acceptors (Lipinski definition) is 3. The van der Waals surface area contributed by atoms with Crippen LogP contribution in [0, 0.1) is 0 Å². The number of nitrogens with zero attached hydrogens (tertiary/aromatic N) is 1. The third-order valence-electron chi connectivity index (χ3n) is 3.37. The summed E-state index contributed by atoms with van der Waals surface area (Å²) in [6.45, 7) is 7.99. The van der Waals surface area contributed by atoms with Crippen LogP contribution < -0.4 is 10.2 Å². The fraction of sp³-hybridized carbons (Fsp3) is 0.600. The summed E-state index contributed by atoms with van der Waals surface area (Å²) in [5.41, 5.74) is 2.27. The lowest BCUT2D eigenvalue weighted by Crippen LogP contribution is -2.34. The highest BCUT2D eigenvalue weighted by atomic mass is 35.5. The molecule has 0 bridgehead atoms. The highest BCUT2D eigenvalue weighted by Gasteiger charge is 2.15.